The summed E-state index contributed by atoms with van der Waals surface area (Å²) in [7, 11) is 0. The van der Waals surface area contributed by atoms with Crippen LogP contribution >= 0.6 is 23.4 Å². The van der Waals surface area contributed by atoms with Crippen molar-refractivity contribution >= 4 is 52.4 Å². The lowest BCUT2D eigenvalue weighted by molar-refractivity contribution is -0.138. The fraction of sp³-hybridized carbons (Fsp3) is 0.314. The van der Waals surface area contributed by atoms with Gasteiger partial charge in [-0.05, 0) is 84.9 Å². The van der Waals surface area contributed by atoms with Crippen LogP contribution in [0.2, 0.25) is 5.02 Å². The highest BCUT2D eigenvalue weighted by Gasteiger charge is 2.44. The van der Waals surface area contributed by atoms with E-state index in [1.54, 1.807) is 12.1 Å². The highest BCUT2D eigenvalue weighted by atomic mass is 35.5. The van der Waals surface area contributed by atoms with Crippen molar-refractivity contribution in [2.24, 2.45) is 5.41 Å². The molecule has 42 heavy (non-hydrogen) atoms. The average Bonchev–Trinajstić information content (AvgIpc) is 3.78. The minimum atomic E-state index is -3.32. The van der Waals surface area contributed by atoms with Gasteiger partial charge >= 0.3 is 5.97 Å². The summed E-state index contributed by atoms with van der Waals surface area (Å²) in [5.74, 6) is -0.347. The molecule has 7 heteroatoms. The number of halogens is 1. The zero-order valence-corrected chi connectivity index (χ0v) is 24.4. The number of aromatic nitrogens is 1. The molecule has 1 heterocycles. The maximum Gasteiger partial charge on any atom is 0.303 e. The number of pyridine rings is 1. The molecular formula is C35H36ClNO4S. The van der Waals surface area contributed by atoms with Crippen molar-refractivity contribution < 1.29 is 28.3 Å². The van der Waals surface area contributed by atoms with Crippen LogP contribution in [0.1, 0.15) is 86.9 Å². The number of aliphatic carboxylic acids is 1. The molecule has 3 N–H and O–H groups in total. The van der Waals surface area contributed by atoms with Gasteiger partial charge in [0.25, 0.3) is 0 Å². The van der Waals surface area contributed by atoms with Gasteiger partial charge in [-0.25, -0.2) is 4.98 Å². The Kier molecular flexibility index (Phi) is 6.99. The lowest BCUT2D eigenvalue weighted by atomic mass is 9.88. The number of carboxylic acid groups (broad SMARTS) is 1. The third kappa shape index (κ3) is 7.61. The van der Waals surface area contributed by atoms with E-state index in [-0.39, 0.29) is 34.6 Å². The Hall–Kier alpha value is -3.16. The molecule has 1 aromatic heterocycles. The number of aliphatic hydroxyl groups excluding tert-OH is 1. The second-order valence-electron chi connectivity index (χ2n) is 11.0. The van der Waals surface area contributed by atoms with E-state index in [0.717, 1.165) is 40.6 Å². The number of aliphatic hydroxyl groups is 2. The molecule has 1 aliphatic carbocycles. The van der Waals surface area contributed by atoms with Crippen LogP contribution in [0, 0.1) is 5.41 Å². The summed E-state index contributed by atoms with van der Waals surface area (Å²) in [4.78, 5) is 16.2. The number of nitrogens with zero attached hydrogens (tertiary/aromatic N) is 1. The third-order valence-electron chi connectivity index (χ3n) is 7.63. The van der Waals surface area contributed by atoms with Crippen molar-refractivity contribution in [1.82, 2.24) is 4.98 Å². The van der Waals surface area contributed by atoms with Crippen LogP contribution in [-0.4, -0.2) is 32.0 Å². The smallest absolute Gasteiger partial charge is 0.303 e. The Morgan fingerprint density at radius 1 is 1.10 bits per heavy atom. The molecule has 0 radical (unpaired) electrons. The van der Waals surface area contributed by atoms with E-state index in [1.807, 2.05) is 60.7 Å². The van der Waals surface area contributed by atoms with Crippen molar-refractivity contribution in [2.75, 3.05) is 5.75 Å². The minimum Gasteiger partial charge on any atom is -0.481 e. The number of thioether (sulfide) groups is 1. The van der Waals surface area contributed by atoms with Gasteiger partial charge in [-0.3, -0.25) is 4.79 Å². The summed E-state index contributed by atoms with van der Waals surface area (Å²) in [5.41, 5.74) is -0.752. The van der Waals surface area contributed by atoms with Gasteiger partial charge in [-0.15, -0.1) is 0 Å². The van der Waals surface area contributed by atoms with Crippen LogP contribution in [0.4, 0.5) is 0 Å². The van der Waals surface area contributed by atoms with Crippen molar-refractivity contribution in [3.05, 3.63) is 112 Å². The van der Waals surface area contributed by atoms with Crippen LogP contribution < -0.4 is 0 Å². The molecule has 0 spiro atoms. The van der Waals surface area contributed by atoms with E-state index in [0.29, 0.717) is 10.8 Å². The van der Waals surface area contributed by atoms with E-state index in [1.165, 1.54) is 30.0 Å². The molecule has 0 bridgehead atoms. The monoisotopic (exact) mass is 607 g/mol. The molecular weight excluding hydrogens is 566 g/mol. The summed E-state index contributed by atoms with van der Waals surface area (Å²) in [5, 5.41) is 33.6. The van der Waals surface area contributed by atoms with Crippen molar-refractivity contribution in [1.29, 1.82) is 0 Å². The van der Waals surface area contributed by atoms with Crippen molar-refractivity contribution in [3.63, 3.8) is 0 Å². The SMILES string of the molecule is [2H]C([2H])([2H])C(O)(c1ccccc1[C@@H](O)C[C@H](SCC1(CC(=O)O)CC1)c1cccc(/C=C/c2ccc3ccc(Cl)cc3n2)c1)C([2H])([2H])[2H]. The van der Waals surface area contributed by atoms with Crippen LogP contribution in [0.5, 0.6) is 0 Å². The van der Waals surface area contributed by atoms with Gasteiger partial charge in [-0.2, -0.15) is 11.8 Å². The summed E-state index contributed by atoms with van der Waals surface area (Å²) in [6.45, 7) is -6.63. The van der Waals surface area contributed by atoms with Gasteiger partial charge in [-0.1, -0.05) is 78.3 Å². The topological polar surface area (TPSA) is 90.7 Å². The molecule has 218 valence electrons. The molecule has 1 aliphatic rings. The first kappa shape index (κ1) is 23.3. The number of benzene rings is 3. The van der Waals surface area contributed by atoms with Crippen LogP contribution in [0.25, 0.3) is 23.1 Å². The number of rotatable bonds is 12. The van der Waals surface area contributed by atoms with E-state index < -0.39 is 31.4 Å². The number of fused-ring (bicyclic) bond motifs is 1. The normalized spacial score (nSPS) is 18.7. The Bertz CT molecular complexity index is 1810. The predicted molar refractivity (Wildman–Crippen MR) is 173 cm³/mol. The molecule has 3 aromatic carbocycles. The summed E-state index contributed by atoms with van der Waals surface area (Å²) < 4.78 is 47.6. The van der Waals surface area contributed by atoms with Gasteiger partial charge in [0, 0.05) is 29.6 Å². The maximum atomic E-state index is 11.6. The number of hydrogen-bond donors (Lipinski definition) is 3. The molecule has 1 saturated carbocycles. The van der Waals surface area contributed by atoms with Gasteiger partial charge < -0.3 is 15.3 Å². The first-order valence-corrected chi connectivity index (χ1v) is 15.1. The fourth-order valence-corrected chi connectivity index (χ4v) is 6.91. The second-order valence-corrected chi connectivity index (χ2v) is 12.6. The molecule has 0 aliphatic heterocycles. The van der Waals surface area contributed by atoms with E-state index in [9.17, 15) is 20.1 Å². The first-order chi connectivity index (χ1) is 22.5. The molecule has 1 fully saturated rings. The molecule has 5 rings (SSSR count). The second kappa shape index (κ2) is 12.6. The first-order valence-electron chi connectivity index (χ1n) is 16.7. The van der Waals surface area contributed by atoms with E-state index in [4.69, 9.17) is 19.8 Å². The number of carboxylic acids is 1. The fourth-order valence-electron chi connectivity index (χ4n) is 5.14. The summed E-state index contributed by atoms with van der Waals surface area (Å²) in [6.07, 6.45) is 4.08. The van der Waals surface area contributed by atoms with Crippen LogP contribution in [-0.2, 0) is 10.4 Å². The quantitative estimate of drug-likeness (QED) is 0.150. The molecule has 0 saturated heterocycles. The van der Waals surface area contributed by atoms with Gasteiger partial charge in [0.15, 0.2) is 0 Å². The molecule has 0 amide bonds. The molecule has 0 unspecified atom stereocenters. The average molecular weight is 608 g/mol. The summed E-state index contributed by atoms with van der Waals surface area (Å²) in [6, 6.07) is 22.7. The minimum absolute atomic E-state index is 0.00283. The Morgan fingerprint density at radius 2 is 1.88 bits per heavy atom. The summed E-state index contributed by atoms with van der Waals surface area (Å²) >= 11 is 7.65. The van der Waals surface area contributed by atoms with Crippen LogP contribution in [0.15, 0.2) is 78.9 Å². The number of carbonyl (C=O) groups is 1. The van der Waals surface area contributed by atoms with Gasteiger partial charge in [0.2, 0.25) is 0 Å². The lowest BCUT2D eigenvalue weighted by Crippen LogP contribution is -2.20. The Morgan fingerprint density at radius 3 is 2.64 bits per heavy atom. The third-order valence-corrected chi connectivity index (χ3v) is 9.51. The van der Waals surface area contributed by atoms with Crippen molar-refractivity contribution in [2.45, 2.75) is 56.3 Å². The zero-order valence-electron chi connectivity index (χ0n) is 28.8. The van der Waals surface area contributed by atoms with E-state index in [2.05, 4.69) is 4.98 Å². The highest BCUT2D eigenvalue weighted by Crippen LogP contribution is 2.54. The largest absolute Gasteiger partial charge is 0.481 e. The van der Waals surface area contributed by atoms with Gasteiger partial charge in [0.1, 0.15) is 0 Å². The Balaban J connectivity index is 1.46. The molecule has 2 atom stereocenters. The van der Waals surface area contributed by atoms with Crippen LogP contribution in [0.3, 0.4) is 0 Å². The highest BCUT2D eigenvalue weighted by molar-refractivity contribution is 7.99. The molecule has 4 aromatic rings. The maximum absolute atomic E-state index is 11.6. The standard InChI is InChI=1S/C35H36ClNO4S/c1-34(2,41)29-9-4-3-8-28(29)31(38)20-32(42-22-35(16-17-35)21-33(39)40)25-7-5-6-23(18-25)10-14-27-15-12-24-11-13-26(36)19-30(24)37-27/h3-15,18-19,31-32,38,41H,16-17,20-22H2,1-2H3,(H,39,40)/b14-10+/t31-,32-/m0/s1/i1D3,2D3. The molecule has 5 nitrogen and oxygen atoms in total. The van der Waals surface area contributed by atoms with Crippen molar-refractivity contribution in [3.8, 4) is 0 Å². The van der Waals surface area contributed by atoms with E-state index >= 15 is 0 Å². The predicted octanol–water partition coefficient (Wildman–Crippen LogP) is 8.44. The Labute approximate surface area is 264 Å². The zero-order chi connectivity index (χ0) is 34.9. The lowest BCUT2D eigenvalue weighted by Gasteiger charge is -2.27. The number of hydrogen-bond acceptors (Lipinski definition) is 5. The van der Waals surface area contributed by atoms with Gasteiger partial charge in [0.05, 0.1) is 29.3 Å².